The van der Waals surface area contributed by atoms with E-state index >= 15 is 0 Å². The minimum Gasteiger partial charge on any atom is -0.484 e. The first-order chi connectivity index (χ1) is 13.8. The highest BCUT2D eigenvalue weighted by Gasteiger charge is 2.20. The molecular weight excluding hydrogens is 370 g/mol. The Morgan fingerprint density at radius 3 is 2.43 bits per heavy atom. The fraction of sp³-hybridized carbons (Fsp3) is 0.318. The number of nitrogens with one attached hydrogen (secondary N) is 1. The number of amides is 1. The Hall–Kier alpha value is -2.73. The van der Waals surface area contributed by atoms with Gasteiger partial charge in [-0.3, -0.25) is 10.1 Å². The van der Waals surface area contributed by atoms with Crippen molar-refractivity contribution in [2.45, 2.75) is 38.0 Å². The number of rotatable bonds is 6. The molecule has 1 aliphatic carbocycles. The van der Waals surface area contributed by atoms with Crippen molar-refractivity contribution in [3.8, 4) is 16.9 Å². The van der Waals surface area contributed by atoms with Crippen LogP contribution in [-0.2, 0) is 4.79 Å². The zero-order valence-electron chi connectivity index (χ0n) is 15.6. The van der Waals surface area contributed by atoms with Gasteiger partial charge in [0, 0.05) is 5.92 Å². The lowest BCUT2D eigenvalue weighted by molar-refractivity contribution is -0.118. The van der Waals surface area contributed by atoms with Gasteiger partial charge in [-0.05, 0) is 36.1 Å². The molecule has 1 fully saturated rings. The molecule has 6 heteroatoms. The minimum absolute atomic E-state index is 0.0526. The molecule has 3 aromatic rings. The molecule has 2 aromatic carbocycles. The molecule has 1 N–H and O–H groups in total. The molecule has 1 heterocycles. The van der Waals surface area contributed by atoms with Crippen LogP contribution < -0.4 is 10.1 Å². The zero-order valence-corrected chi connectivity index (χ0v) is 16.5. The first kappa shape index (κ1) is 18.6. The lowest BCUT2D eigenvalue weighted by atomic mass is 9.90. The second kappa shape index (κ2) is 8.97. The van der Waals surface area contributed by atoms with E-state index in [2.05, 4.69) is 27.6 Å². The van der Waals surface area contributed by atoms with Crippen LogP contribution in [0.15, 0.2) is 54.6 Å². The smallest absolute Gasteiger partial charge is 0.264 e. The third-order valence-electron chi connectivity index (χ3n) is 4.97. The number of nitrogens with zero attached hydrogens (tertiary/aromatic N) is 2. The van der Waals surface area contributed by atoms with Crippen molar-refractivity contribution in [2.75, 3.05) is 11.9 Å². The summed E-state index contributed by atoms with van der Waals surface area (Å²) < 4.78 is 5.60. The van der Waals surface area contributed by atoms with Gasteiger partial charge in [-0.2, -0.15) is 0 Å². The van der Waals surface area contributed by atoms with E-state index in [1.165, 1.54) is 43.4 Å². The molecule has 0 spiro atoms. The van der Waals surface area contributed by atoms with Crippen LogP contribution in [0.4, 0.5) is 5.13 Å². The van der Waals surface area contributed by atoms with Crippen molar-refractivity contribution >= 4 is 22.4 Å². The quantitative estimate of drug-likeness (QED) is 0.620. The molecule has 0 radical (unpaired) electrons. The van der Waals surface area contributed by atoms with Crippen LogP contribution in [0, 0.1) is 0 Å². The van der Waals surface area contributed by atoms with Crippen molar-refractivity contribution in [1.29, 1.82) is 0 Å². The third-order valence-corrected chi connectivity index (χ3v) is 5.97. The summed E-state index contributed by atoms with van der Waals surface area (Å²) >= 11 is 1.48. The van der Waals surface area contributed by atoms with Crippen molar-refractivity contribution < 1.29 is 9.53 Å². The maximum atomic E-state index is 12.2. The predicted molar refractivity (Wildman–Crippen MR) is 112 cm³/mol. The topological polar surface area (TPSA) is 64.1 Å². The summed E-state index contributed by atoms with van der Waals surface area (Å²) in [5, 5.41) is 12.7. The predicted octanol–water partition coefficient (Wildman–Crippen LogP) is 5.27. The van der Waals surface area contributed by atoms with Crippen molar-refractivity contribution in [1.82, 2.24) is 10.2 Å². The van der Waals surface area contributed by atoms with Gasteiger partial charge >= 0.3 is 0 Å². The number of hydrogen-bond donors (Lipinski definition) is 1. The molecule has 5 nitrogen and oxygen atoms in total. The van der Waals surface area contributed by atoms with Gasteiger partial charge in [-0.1, -0.05) is 73.1 Å². The second-order valence-corrected chi connectivity index (χ2v) is 8.02. The maximum absolute atomic E-state index is 12.2. The molecule has 144 valence electrons. The number of benzene rings is 2. The molecule has 28 heavy (non-hydrogen) atoms. The standard InChI is InChI=1S/C22H23N3O2S/c26-20(23-22-25-24-21(28-22)18-9-5-2-6-10-18)15-27-19-13-11-17(12-14-19)16-7-3-1-4-8-16/h1,3-4,7-8,11-14,18H,2,5-6,9-10,15H2,(H,23,25,26). The highest BCUT2D eigenvalue weighted by molar-refractivity contribution is 7.15. The van der Waals surface area contributed by atoms with E-state index in [9.17, 15) is 4.79 Å². The first-order valence-electron chi connectivity index (χ1n) is 9.69. The van der Waals surface area contributed by atoms with Crippen LogP contribution in [-0.4, -0.2) is 22.7 Å². The van der Waals surface area contributed by atoms with Gasteiger partial charge in [-0.15, -0.1) is 10.2 Å². The van der Waals surface area contributed by atoms with Crippen LogP contribution in [0.25, 0.3) is 11.1 Å². The van der Waals surface area contributed by atoms with Crippen molar-refractivity contribution in [3.63, 3.8) is 0 Å². The number of carbonyl (C=O) groups excluding carboxylic acids is 1. The number of aromatic nitrogens is 2. The molecule has 0 bridgehead atoms. The number of anilines is 1. The third kappa shape index (κ3) is 4.75. The van der Waals surface area contributed by atoms with Gasteiger partial charge in [0.25, 0.3) is 5.91 Å². The summed E-state index contributed by atoms with van der Waals surface area (Å²) in [4.78, 5) is 12.2. The van der Waals surface area contributed by atoms with E-state index in [1.807, 2.05) is 42.5 Å². The van der Waals surface area contributed by atoms with E-state index < -0.39 is 0 Å². The SMILES string of the molecule is O=C(COc1ccc(-c2ccccc2)cc1)Nc1nnc(C2CCCCC2)s1. The Kier molecular flexibility index (Phi) is 5.97. The molecule has 0 atom stereocenters. The van der Waals surface area contributed by atoms with E-state index in [0.717, 1.165) is 16.1 Å². The molecule has 0 saturated heterocycles. The summed E-state index contributed by atoms with van der Waals surface area (Å²) in [6.07, 6.45) is 6.16. The minimum atomic E-state index is -0.224. The van der Waals surface area contributed by atoms with Crippen LogP contribution in [0.1, 0.15) is 43.0 Å². The largest absolute Gasteiger partial charge is 0.484 e. The highest BCUT2D eigenvalue weighted by Crippen LogP contribution is 2.35. The Balaban J connectivity index is 1.28. The molecule has 4 rings (SSSR count). The fourth-order valence-corrected chi connectivity index (χ4v) is 4.41. The second-order valence-electron chi connectivity index (χ2n) is 7.01. The summed E-state index contributed by atoms with van der Waals surface area (Å²) in [6.45, 7) is -0.0526. The van der Waals surface area contributed by atoms with E-state index in [-0.39, 0.29) is 12.5 Å². The average molecular weight is 394 g/mol. The fourth-order valence-electron chi connectivity index (χ4n) is 3.48. The van der Waals surface area contributed by atoms with E-state index in [4.69, 9.17) is 4.74 Å². The summed E-state index contributed by atoms with van der Waals surface area (Å²) in [6, 6.07) is 17.9. The molecule has 0 aliphatic heterocycles. The molecule has 0 unspecified atom stereocenters. The monoisotopic (exact) mass is 393 g/mol. The first-order valence-corrected chi connectivity index (χ1v) is 10.5. The van der Waals surface area contributed by atoms with Crippen LogP contribution in [0.5, 0.6) is 5.75 Å². The van der Waals surface area contributed by atoms with Crippen LogP contribution in [0.3, 0.4) is 0 Å². The van der Waals surface area contributed by atoms with Gasteiger partial charge in [0.2, 0.25) is 5.13 Å². The van der Waals surface area contributed by atoms with Gasteiger partial charge in [0.15, 0.2) is 6.61 Å². The highest BCUT2D eigenvalue weighted by atomic mass is 32.1. The summed E-state index contributed by atoms with van der Waals surface area (Å²) in [7, 11) is 0. The number of ether oxygens (including phenoxy) is 1. The van der Waals surface area contributed by atoms with E-state index in [1.54, 1.807) is 0 Å². The number of hydrogen-bond acceptors (Lipinski definition) is 5. The van der Waals surface area contributed by atoms with Gasteiger partial charge in [0.1, 0.15) is 10.8 Å². The Bertz CT molecular complexity index is 903. The summed E-state index contributed by atoms with van der Waals surface area (Å²) in [5.74, 6) is 0.935. The normalized spacial score (nSPS) is 14.6. The molecule has 1 aromatic heterocycles. The lowest BCUT2D eigenvalue weighted by Crippen LogP contribution is -2.20. The van der Waals surface area contributed by atoms with E-state index in [0.29, 0.717) is 16.8 Å². The zero-order chi connectivity index (χ0) is 19.2. The Labute approximate surface area is 168 Å². The Morgan fingerprint density at radius 2 is 1.68 bits per heavy atom. The van der Waals surface area contributed by atoms with Gasteiger partial charge in [-0.25, -0.2) is 0 Å². The van der Waals surface area contributed by atoms with Gasteiger partial charge in [0.05, 0.1) is 0 Å². The van der Waals surface area contributed by atoms with Crippen LogP contribution >= 0.6 is 11.3 Å². The summed E-state index contributed by atoms with van der Waals surface area (Å²) in [5.41, 5.74) is 2.26. The lowest BCUT2D eigenvalue weighted by Gasteiger charge is -2.18. The molecule has 1 saturated carbocycles. The maximum Gasteiger partial charge on any atom is 0.264 e. The average Bonchev–Trinajstić information content (AvgIpc) is 3.22. The van der Waals surface area contributed by atoms with Crippen molar-refractivity contribution in [3.05, 3.63) is 59.6 Å². The number of carbonyl (C=O) groups is 1. The van der Waals surface area contributed by atoms with Crippen molar-refractivity contribution in [2.24, 2.45) is 0 Å². The molecular formula is C22H23N3O2S. The van der Waals surface area contributed by atoms with Crippen LogP contribution in [0.2, 0.25) is 0 Å². The van der Waals surface area contributed by atoms with Gasteiger partial charge < -0.3 is 4.74 Å². The molecule has 1 amide bonds. The Morgan fingerprint density at radius 1 is 0.964 bits per heavy atom. The molecule has 1 aliphatic rings.